The Hall–Kier alpha value is -3.21. The Morgan fingerprint density at radius 3 is 1.71 bits per heavy atom. The number of furan rings is 2. The number of rotatable bonds is 6. The molecule has 5 nitrogen and oxygen atoms in total. The first-order chi connectivity index (χ1) is 13.6. The van der Waals surface area contributed by atoms with Gasteiger partial charge in [-0.05, 0) is 62.1 Å². The first kappa shape index (κ1) is 18.2. The number of amides is 2. The van der Waals surface area contributed by atoms with E-state index in [-0.39, 0.29) is 18.1 Å². The van der Waals surface area contributed by atoms with E-state index in [1.807, 2.05) is 50.2 Å². The van der Waals surface area contributed by atoms with Crippen LogP contribution in [-0.4, -0.2) is 18.1 Å². The van der Waals surface area contributed by atoms with Gasteiger partial charge in [0.1, 0.15) is 11.2 Å². The van der Waals surface area contributed by atoms with Crippen LogP contribution in [0.1, 0.15) is 25.0 Å². The summed E-state index contributed by atoms with van der Waals surface area (Å²) in [6, 6.07) is 15.8. The summed E-state index contributed by atoms with van der Waals surface area (Å²) in [4.78, 5) is 12.4. The maximum absolute atomic E-state index is 12.4. The lowest BCUT2D eigenvalue weighted by Gasteiger charge is -2.19. The van der Waals surface area contributed by atoms with Crippen LogP contribution in [0.3, 0.4) is 0 Å². The molecule has 0 aliphatic rings. The number of hydrogen-bond acceptors (Lipinski definition) is 3. The zero-order valence-corrected chi connectivity index (χ0v) is 16.1. The van der Waals surface area contributed by atoms with Gasteiger partial charge in [0, 0.05) is 22.9 Å². The van der Waals surface area contributed by atoms with Crippen molar-refractivity contribution in [3.63, 3.8) is 0 Å². The summed E-state index contributed by atoms with van der Waals surface area (Å²) in [6.45, 7) is 4.02. The predicted octanol–water partition coefficient (Wildman–Crippen LogP) is 5.04. The SMILES string of the molecule is CC(Cc1cccc2occc12)NC(=O)NC(C)Cc1cccc2occc12. The molecule has 4 rings (SSSR count). The van der Waals surface area contributed by atoms with Crippen LogP contribution in [0.4, 0.5) is 4.79 Å². The largest absolute Gasteiger partial charge is 0.464 e. The van der Waals surface area contributed by atoms with E-state index in [0.717, 1.165) is 34.8 Å². The normalized spacial score (nSPS) is 13.5. The summed E-state index contributed by atoms with van der Waals surface area (Å²) >= 11 is 0. The second-order valence-corrected chi connectivity index (χ2v) is 7.33. The minimum atomic E-state index is -0.154. The zero-order chi connectivity index (χ0) is 19.5. The third kappa shape index (κ3) is 3.88. The molecule has 0 saturated heterocycles. The second-order valence-electron chi connectivity index (χ2n) is 7.33. The average Bonchev–Trinajstić information content (AvgIpc) is 3.31. The smallest absolute Gasteiger partial charge is 0.315 e. The van der Waals surface area contributed by atoms with E-state index in [2.05, 4.69) is 22.8 Å². The summed E-state index contributed by atoms with van der Waals surface area (Å²) in [5.41, 5.74) is 4.07. The number of fused-ring (bicyclic) bond motifs is 2. The lowest BCUT2D eigenvalue weighted by molar-refractivity contribution is 0.234. The lowest BCUT2D eigenvalue weighted by atomic mass is 10.0. The van der Waals surface area contributed by atoms with Crippen LogP contribution >= 0.6 is 0 Å². The van der Waals surface area contributed by atoms with E-state index in [0.29, 0.717) is 0 Å². The van der Waals surface area contributed by atoms with Gasteiger partial charge in [-0.15, -0.1) is 0 Å². The Morgan fingerprint density at radius 2 is 1.25 bits per heavy atom. The molecule has 4 aromatic rings. The van der Waals surface area contributed by atoms with Crippen LogP contribution in [0.25, 0.3) is 21.9 Å². The van der Waals surface area contributed by atoms with E-state index >= 15 is 0 Å². The first-order valence-electron chi connectivity index (χ1n) is 9.57. The van der Waals surface area contributed by atoms with Crippen molar-refractivity contribution in [1.29, 1.82) is 0 Å². The molecule has 0 bridgehead atoms. The Balaban J connectivity index is 1.33. The molecule has 0 spiro atoms. The Morgan fingerprint density at radius 1 is 0.786 bits per heavy atom. The summed E-state index contributed by atoms with van der Waals surface area (Å²) in [5, 5.41) is 8.26. The molecule has 0 radical (unpaired) electrons. The molecule has 2 aromatic heterocycles. The van der Waals surface area contributed by atoms with Crippen molar-refractivity contribution in [3.05, 3.63) is 72.2 Å². The van der Waals surface area contributed by atoms with E-state index in [4.69, 9.17) is 8.83 Å². The summed E-state index contributed by atoms with van der Waals surface area (Å²) in [5.74, 6) is 0. The van der Waals surface area contributed by atoms with Gasteiger partial charge in [-0.25, -0.2) is 4.79 Å². The third-order valence-electron chi connectivity index (χ3n) is 4.98. The summed E-state index contributed by atoms with van der Waals surface area (Å²) < 4.78 is 10.9. The molecule has 2 amide bonds. The van der Waals surface area contributed by atoms with Gasteiger partial charge in [0.05, 0.1) is 12.5 Å². The van der Waals surface area contributed by atoms with Crippen LogP contribution in [0.2, 0.25) is 0 Å². The maximum atomic E-state index is 12.4. The number of urea groups is 1. The predicted molar refractivity (Wildman–Crippen MR) is 110 cm³/mol. The average molecular weight is 376 g/mol. The molecule has 144 valence electrons. The van der Waals surface area contributed by atoms with Gasteiger partial charge in [-0.2, -0.15) is 0 Å². The van der Waals surface area contributed by atoms with Crippen LogP contribution in [-0.2, 0) is 12.8 Å². The highest BCUT2D eigenvalue weighted by Crippen LogP contribution is 2.22. The molecular weight excluding hydrogens is 352 g/mol. The fourth-order valence-electron chi connectivity index (χ4n) is 3.72. The van der Waals surface area contributed by atoms with Crippen LogP contribution in [0, 0.1) is 0 Å². The Bertz CT molecular complexity index is 1010. The molecule has 2 heterocycles. The van der Waals surface area contributed by atoms with Gasteiger partial charge in [-0.1, -0.05) is 24.3 Å². The zero-order valence-electron chi connectivity index (χ0n) is 16.1. The van der Waals surface area contributed by atoms with Crippen LogP contribution in [0.15, 0.2) is 69.9 Å². The highest BCUT2D eigenvalue weighted by Gasteiger charge is 2.14. The second kappa shape index (κ2) is 7.80. The Labute approximate surface area is 163 Å². The highest BCUT2D eigenvalue weighted by atomic mass is 16.3. The minimum absolute atomic E-state index is 0.00464. The van der Waals surface area contributed by atoms with Crippen molar-refractivity contribution in [3.8, 4) is 0 Å². The molecule has 2 atom stereocenters. The standard InChI is InChI=1S/C23H24N2O3/c1-15(13-17-5-3-7-21-19(17)9-11-27-21)24-23(26)25-16(2)14-18-6-4-8-22-20(18)10-12-28-22/h3-12,15-16H,13-14H2,1-2H3,(H2,24,25,26). The fraction of sp³-hybridized carbons (Fsp3) is 0.261. The van der Waals surface area contributed by atoms with Gasteiger partial charge >= 0.3 is 6.03 Å². The van der Waals surface area contributed by atoms with Crippen molar-refractivity contribution in [2.45, 2.75) is 38.8 Å². The molecule has 0 aliphatic heterocycles. The van der Waals surface area contributed by atoms with E-state index in [9.17, 15) is 4.79 Å². The Kier molecular flexibility index (Phi) is 5.06. The van der Waals surface area contributed by atoms with Gasteiger partial charge in [0.25, 0.3) is 0 Å². The molecule has 2 aromatic carbocycles. The van der Waals surface area contributed by atoms with Gasteiger partial charge in [-0.3, -0.25) is 0 Å². The molecule has 5 heteroatoms. The van der Waals surface area contributed by atoms with Crippen molar-refractivity contribution in [2.75, 3.05) is 0 Å². The molecule has 0 aliphatic carbocycles. The number of carbonyl (C=O) groups is 1. The quantitative estimate of drug-likeness (QED) is 0.495. The number of hydrogen-bond donors (Lipinski definition) is 2. The minimum Gasteiger partial charge on any atom is -0.464 e. The summed E-state index contributed by atoms with van der Waals surface area (Å²) in [7, 11) is 0. The monoisotopic (exact) mass is 376 g/mol. The van der Waals surface area contributed by atoms with E-state index in [1.165, 1.54) is 11.1 Å². The molecule has 2 unspecified atom stereocenters. The highest BCUT2D eigenvalue weighted by molar-refractivity contribution is 5.82. The van der Waals surface area contributed by atoms with E-state index < -0.39 is 0 Å². The van der Waals surface area contributed by atoms with Crippen molar-refractivity contribution >= 4 is 28.0 Å². The number of benzene rings is 2. The third-order valence-corrected chi connectivity index (χ3v) is 4.98. The van der Waals surface area contributed by atoms with Gasteiger partial charge in [0.15, 0.2) is 0 Å². The van der Waals surface area contributed by atoms with Gasteiger partial charge in [0.2, 0.25) is 0 Å². The first-order valence-corrected chi connectivity index (χ1v) is 9.57. The lowest BCUT2D eigenvalue weighted by Crippen LogP contribution is -2.45. The van der Waals surface area contributed by atoms with Crippen molar-refractivity contribution in [1.82, 2.24) is 10.6 Å². The molecule has 0 fully saturated rings. The molecule has 0 saturated carbocycles. The topological polar surface area (TPSA) is 67.4 Å². The molecule has 2 N–H and O–H groups in total. The fourth-order valence-corrected chi connectivity index (χ4v) is 3.72. The molecule has 28 heavy (non-hydrogen) atoms. The number of nitrogens with one attached hydrogen (secondary N) is 2. The number of carbonyl (C=O) groups excluding carboxylic acids is 1. The van der Waals surface area contributed by atoms with Crippen LogP contribution < -0.4 is 10.6 Å². The van der Waals surface area contributed by atoms with E-state index in [1.54, 1.807) is 12.5 Å². The molecular formula is C23H24N2O3. The van der Waals surface area contributed by atoms with Crippen LogP contribution in [0.5, 0.6) is 0 Å². The van der Waals surface area contributed by atoms with Gasteiger partial charge < -0.3 is 19.5 Å². The van der Waals surface area contributed by atoms with Crippen molar-refractivity contribution in [2.24, 2.45) is 0 Å². The summed E-state index contributed by atoms with van der Waals surface area (Å²) in [6.07, 6.45) is 4.88. The van der Waals surface area contributed by atoms with Crippen molar-refractivity contribution < 1.29 is 13.6 Å². The maximum Gasteiger partial charge on any atom is 0.315 e.